The highest BCUT2D eigenvalue weighted by Gasteiger charge is 2.36. The molecule has 0 bridgehead atoms. The van der Waals surface area contributed by atoms with E-state index in [0.717, 1.165) is 25.7 Å². The van der Waals surface area contributed by atoms with E-state index < -0.39 is 5.41 Å². The highest BCUT2D eigenvalue weighted by molar-refractivity contribution is 5.78. The molecule has 0 atom stereocenters. The summed E-state index contributed by atoms with van der Waals surface area (Å²) in [6, 6.07) is 15.7. The summed E-state index contributed by atoms with van der Waals surface area (Å²) in [6.45, 7) is 6.02. The second-order valence-corrected chi connectivity index (χ2v) is 8.37. The number of ether oxygens (including phenoxy) is 1. The summed E-state index contributed by atoms with van der Waals surface area (Å²) in [7, 11) is 0. The Kier molecular flexibility index (Phi) is 6.12. The van der Waals surface area contributed by atoms with Crippen molar-refractivity contribution in [3.05, 3.63) is 59.7 Å². The third-order valence-corrected chi connectivity index (χ3v) is 6.80. The second-order valence-electron chi connectivity index (χ2n) is 8.37. The molecule has 3 heteroatoms. The zero-order valence-corrected chi connectivity index (χ0v) is 17.3. The highest BCUT2D eigenvalue weighted by atomic mass is 16.5. The first-order valence-electron chi connectivity index (χ1n) is 10.6. The van der Waals surface area contributed by atoms with Gasteiger partial charge in [-0.05, 0) is 68.0 Å². The number of carbonyl (C=O) groups is 1. The lowest BCUT2D eigenvalue weighted by molar-refractivity contribution is -0.145. The topological polar surface area (TPSA) is 46.5 Å². The van der Waals surface area contributed by atoms with Crippen molar-refractivity contribution in [1.82, 2.24) is 0 Å². The quantitative estimate of drug-likeness (QED) is 0.467. The van der Waals surface area contributed by atoms with Crippen molar-refractivity contribution in [2.45, 2.75) is 71.1 Å². The minimum atomic E-state index is -0.435. The molecule has 28 heavy (non-hydrogen) atoms. The Bertz CT molecular complexity index is 780. The van der Waals surface area contributed by atoms with Gasteiger partial charge in [0.05, 0.1) is 5.41 Å². The number of aromatic hydroxyl groups is 1. The van der Waals surface area contributed by atoms with Crippen LogP contribution in [-0.2, 0) is 10.2 Å². The Morgan fingerprint density at radius 2 is 1.43 bits per heavy atom. The zero-order chi connectivity index (χ0) is 20.2. The maximum absolute atomic E-state index is 12.6. The van der Waals surface area contributed by atoms with Gasteiger partial charge in [-0.1, -0.05) is 57.4 Å². The van der Waals surface area contributed by atoms with Gasteiger partial charge < -0.3 is 9.84 Å². The molecular formula is C25H32O3. The number of hydrogen-bond donors (Lipinski definition) is 1. The third-order valence-electron chi connectivity index (χ3n) is 6.80. The molecule has 3 nitrogen and oxygen atoms in total. The molecule has 0 saturated heterocycles. The van der Waals surface area contributed by atoms with Gasteiger partial charge >= 0.3 is 5.97 Å². The van der Waals surface area contributed by atoms with Gasteiger partial charge in [-0.15, -0.1) is 0 Å². The Morgan fingerprint density at radius 3 is 1.93 bits per heavy atom. The lowest BCUT2D eigenvalue weighted by Gasteiger charge is -2.38. The van der Waals surface area contributed by atoms with E-state index in [-0.39, 0.29) is 11.4 Å². The zero-order valence-electron chi connectivity index (χ0n) is 17.3. The molecule has 1 aliphatic carbocycles. The molecule has 0 amide bonds. The van der Waals surface area contributed by atoms with E-state index >= 15 is 0 Å². The number of carbonyl (C=O) groups excluding carboxylic acids is 1. The van der Waals surface area contributed by atoms with Gasteiger partial charge in [-0.3, -0.25) is 4.79 Å². The molecule has 1 aliphatic rings. The Balaban J connectivity index is 1.87. The normalized spacial score (nSPS) is 16.5. The Morgan fingerprint density at radius 1 is 0.929 bits per heavy atom. The molecule has 1 fully saturated rings. The summed E-state index contributed by atoms with van der Waals surface area (Å²) in [5, 5.41) is 9.69. The maximum atomic E-state index is 12.6. The van der Waals surface area contributed by atoms with E-state index in [1.54, 1.807) is 12.1 Å². The first-order valence-corrected chi connectivity index (χ1v) is 10.6. The van der Waals surface area contributed by atoms with Gasteiger partial charge in [-0.25, -0.2) is 0 Å². The van der Waals surface area contributed by atoms with E-state index in [4.69, 9.17) is 4.74 Å². The first kappa shape index (κ1) is 20.4. The fourth-order valence-corrected chi connectivity index (χ4v) is 4.29. The molecule has 2 aromatic rings. The molecule has 2 aromatic carbocycles. The predicted octanol–water partition coefficient (Wildman–Crippen LogP) is 6.37. The fourth-order valence-electron chi connectivity index (χ4n) is 4.29. The third kappa shape index (κ3) is 3.94. The van der Waals surface area contributed by atoms with Crippen LogP contribution < -0.4 is 4.74 Å². The summed E-state index contributed by atoms with van der Waals surface area (Å²) >= 11 is 0. The van der Waals surface area contributed by atoms with Crippen molar-refractivity contribution in [1.29, 1.82) is 0 Å². The molecule has 0 heterocycles. The summed E-state index contributed by atoms with van der Waals surface area (Å²) in [6.07, 6.45) is 7.39. The SMILES string of the molecule is CCC(C)(CC)C(=O)Oc1ccc(C2(c3ccc(O)cc3)CCCCC2)cc1. The molecule has 1 N–H and O–H groups in total. The van der Waals surface area contributed by atoms with Gasteiger partial charge in [0, 0.05) is 5.41 Å². The van der Waals surface area contributed by atoms with Crippen LogP contribution in [0.1, 0.15) is 76.8 Å². The molecule has 0 radical (unpaired) electrons. The molecule has 150 valence electrons. The highest BCUT2D eigenvalue weighted by Crippen LogP contribution is 2.45. The lowest BCUT2D eigenvalue weighted by Crippen LogP contribution is -2.31. The monoisotopic (exact) mass is 380 g/mol. The molecule has 0 aromatic heterocycles. The van der Waals surface area contributed by atoms with E-state index in [2.05, 4.69) is 12.1 Å². The van der Waals surface area contributed by atoms with Crippen molar-refractivity contribution in [3.8, 4) is 11.5 Å². The van der Waals surface area contributed by atoms with Crippen LogP contribution in [0.25, 0.3) is 0 Å². The van der Waals surface area contributed by atoms with Crippen molar-refractivity contribution in [2.24, 2.45) is 5.41 Å². The average Bonchev–Trinajstić information content (AvgIpc) is 2.74. The first-order chi connectivity index (χ1) is 13.4. The number of rotatable bonds is 6. The summed E-state index contributed by atoms with van der Waals surface area (Å²) < 4.78 is 5.69. The van der Waals surface area contributed by atoms with E-state index in [9.17, 15) is 9.90 Å². The molecule has 0 spiro atoms. The van der Waals surface area contributed by atoms with Crippen LogP contribution in [0.15, 0.2) is 48.5 Å². The lowest BCUT2D eigenvalue weighted by atomic mass is 9.65. The predicted molar refractivity (Wildman–Crippen MR) is 113 cm³/mol. The summed E-state index contributed by atoms with van der Waals surface area (Å²) in [4.78, 5) is 12.6. The molecule has 1 saturated carbocycles. The van der Waals surface area contributed by atoms with Crippen LogP contribution in [-0.4, -0.2) is 11.1 Å². The van der Waals surface area contributed by atoms with Crippen LogP contribution >= 0.6 is 0 Å². The number of benzene rings is 2. The van der Waals surface area contributed by atoms with Crippen molar-refractivity contribution >= 4 is 5.97 Å². The van der Waals surface area contributed by atoms with Gasteiger partial charge in [0.15, 0.2) is 0 Å². The van der Waals surface area contributed by atoms with Crippen molar-refractivity contribution in [2.75, 3.05) is 0 Å². The standard InChI is InChI=1S/C25H32O3/c1-4-24(3,5-2)23(27)28-22-15-11-20(12-16-22)25(17-7-6-8-18-25)19-9-13-21(26)14-10-19/h9-16,26H,4-8,17-18H2,1-3H3. The number of phenolic OH excluding ortho intramolecular Hbond substituents is 1. The van der Waals surface area contributed by atoms with Gasteiger partial charge in [0.1, 0.15) is 11.5 Å². The van der Waals surface area contributed by atoms with Gasteiger partial charge in [0.25, 0.3) is 0 Å². The van der Waals surface area contributed by atoms with E-state index in [1.165, 1.54) is 30.4 Å². The fraction of sp³-hybridized carbons (Fsp3) is 0.480. The van der Waals surface area contributed by atoms with Crippen LogP contribution in [0.5, 0.6) is 11.5 Å². The molecular weight excluding hydrogens is 348 g/mol. The second kappa shape index (κ2) is 8.38. The van der Waals surface area contributed by atoms with Crippen molar-refractivity contribution < 1.29 is 14.6 Å². The van der Waals surface area contributed by atoms with Gasteiger partial charge in [0.2, 0.25) is 0 Å². The smallest absolute Gasteiger partial charge is 0.317 e. The summed E-state index contributed by atoms with van der Waals surface area (Å²) in [5.74, 6) is 0.751. The van der Waals surface area contributed by atoms with E-state index in [0.29, 0.717) is 11.5 Å². The van der Waals surface area contributed by atoms with E-state index in [1.807, 2.05) is 45.0 Å². The van der Waals surface area contributed by atoms with Crippen LogP contribution in [0, 0.1) is 5.41 Å². The summed E-state index contributed by atoms with van der Waals surface area (Å²) in [5.41, 5.74) is 2.04. The van der Waals surface area contributed by atoms with Gasteiger partial charge in [-0.2, -0.15) is 0 Å². The number of phenols is 1. The minimum absolute atomic E-state index is 0.0319. The largest absolute Gasteiger partial charge is 0.508 e. The Labute approximate surface area is 168 Å². The number of hydrogen-bond acceptors (Lipinski definition) is 3. The van der Waals surface area contributed by atoms with Crippen LogP contribution in [0.3, 0.4) is 0 Å². The van der Waals surface area contributed by atoms with Crippen molar-refractivity contribution in [3.63, 3.8) is 0 Å². The Hall–Kier alpha value is -2.29. The average molecular weight is 381 g/mol. The molecule has 0 unspecified atom stereocenters. The van der Waals surface area contributed by atoms with Crippen LogP contribution in [0.2, 0.25) is 0 Å². The molecule has 0 aliphatic heterocycles. The molecule has 3 rings (SSSR count). The maximum Gasteiger partial charge on any atom is 0.317 e. The number of esters is 1. The minimum Gasteiger partial charge on any atom is -0.508 e. The van der Waals surface area contributed by atoms with Crippen LogP contribution in [0.4, 0.5) is 0 Å².